The number of anilines is 2. The minimum absolute atomic E-state index is 0.0696. The molecule has 1 aromatic rings. The first kappa shape index (κ1) is 19.2. The fraction of sp³-hybridized carbons (Fsp3) is 0.353. The summed E-state index contributed by atoms with van der Waals surface area (Å²) in [5.41, 5.74) is 1.87. The van der Waals surface area contributed by atoms with Crippen LogP contribution < -0.4 is 10.6 Å². The Kier molecular flexibility index (Phi) is 6.98. The van der Waals surface area contributed by atoms with Crippen LogP contribution in [-0.4, -0.2) is 32.1 Å². The highest BCUT2D eigenvalue weighted by Crippen LogP contribution is 2.22. The van der Waals surface area contributed by atoms with Crippen LogP contribution in [0.5, 0.6) is 0 Å². The zero-order valence-electron chi connectivity index (χ0n) is 14.4. The van der Waals surface area contributed by atoms with Crippen LogP contribution in [-0.2, 0) is 23.9 Å². The van der Waals surface area contributed by atoms with Gasteiger partial charge in [0.15, 0.2) is 0 Å². The molecule has 0 aromatic heterocycles. The second kappa shape index (κ2) is 8.71. The lowest BCUT2D eigenvalue weighted by molar-refractivity contribution is -0.138. The third-order valence-corrected chi connectivity index (χ3v) is 3.17. The molecule has 0 aliphatic carbocycles. The molecule has 0 unspecified atom stereocenters. The number of methoxy groups -OCH3 is 2. The molecule has 0 aliphatic rings. The predicted molar refractivity (Wildman–Crippen MR) is 90.4 cm³/mol. The van der Waals surface area contributed by atoms with Crippen molar-refractivity contribution in [2.45, 2.75) is 20.8 Å². The van der Waals surface area contributed by atoms with Gasteiger partial charge in [0.1, 0.15) is 5.70 Å². The quantitative estimate of drug-likeness (QED) is 0.612. The standard InChI is InChI=1S/C17H22N2O5/c1-10(2)16(21)18-12-7-6-11(3)13(8-12)19-14(17(22)24-5)9-15(20)23-4/h6-10,19H,1-5H3,(H,18,21)/b14-9+. The molecule has 0 bridgehead atoms. The second-order valence-corrected chi connectivity index (χ2v) is 5.37. The van der Waals surface area contributed by atoms with Crippen molar-refractivity contribution in [1.29, 1.82) is 0 Å². The van der Waals surface area contributed by atoms with Crippen molar-refractivity contribution >= 4 is 29.2 Å². The van der Waals surface area contributed by atoms with E-state index < -0.39 is 11.9 Å². The van der Waals surface area contributed by atoms with Crippen LogP contribution in [0.3, 0.4) is 0 Å². The van der Waals surface area contributed by atoms with Crippen LogP contribution >= 0.6 is 0 Å². The summed E-state index contributed by atoms with van der Waals surface area (Å²) in [7, 11) is 2.42. The smallest absolute Gasteiger partial charge is 0.354 e. The van der Waals surface area contributed by atoms with Gasteiger partial charge in [-0.25, -0.2) is 9.59 Å². The molecule has 0 radical (unpaired) electrons. The molecule has 7 heteroatoms. The number of amides is 1. The molecule has 1 amide bonds. The number of carbonyl (C=O) groups excluding carboxylic acids is 3. The fourth-order valence-corrected chi connectivity index (χ4v) is 1.70. The van der Waals surface area contributed by atoms with Crippen molar-refractivity contribution in [1.82, 2.24) is 0 Å². The van der Waals surface area contributed by atoms with Crippen molar-refractivity contribution in [3.63, 3.8) is 0 Å². The topological polar surface area (TPSA) is 93.7 Å². The largest absolute Gasteiger partial charge is 0.466 e. The third kappa shape index (κ3) is 5.42. The van der Waals surface area contributed by atoms with Gasteiger partial charge in [-0.3, -0.25) is 4.79 Å². The Morgan fingerprint density at radius 2 is 1.75 bits per heavy atom. The number of carbonyl (C=O) groups is 3. The molecule has 0 heterocycles. The minimum Gasteiger partial charge on any atom is -0.466 e. The molecular weight excluding hydrogens is 312 g/mol. The number of rotatable bonds is 6. The Balaban J connectivity index is 3.10. The fourth-order valence-electron chi connectivity index (χ4n) is 1.70. The lowest BCUT2D eigenvalue weighted by atomic mass is 10.1. The van der Waals surface area contributed by atoms with Crippen molar-refractivity contribution < 1.29 is 23.9 Å². The number of ether oxygens (including phenoxy) is 2. The van der Waals surface area contributed by atoms with Gasteiger partial charge in [0.05, 0.1) is 20.3 Å². The SMILES string of the molecule is COC(=O)/C=C(/Nc1cc(NC(=O)C(C)C)ccc1C)C(=O)OC. The average molecular weight is 334 g/mol. The van der Waals surface area contributed by atoms with E-state index in [1.165, 1.54) is 14.2 Å². The van der Waals surface area contributed by atoms with E-state index in [-0.39, 0.29) is 17.5 Å². The Bertz CT molecular complexity index is 665. The van der Waals surface area contributed by atoms with E-state index >= 15 is 0 Å². The van der Waals surface area contributed by atoms with Gasteiger partial charge in [0.2, 0.25) is 5.91 Å². The zero-order valence-corrected chi connectivity index (χ0v) is 14.4. The van der Waals surface area contributed by atoms with E-state index in [1.54, 1.807) is 32.0 Å². The molecule has 0 fully saturated rings. The summed E-state index contributed by atoms with van der Waals surface area (Å²) < 4.78 is 9.17. The van der Waals surface area contributed by atoms with E-state index in [1.807, 2.05) is 6.92 Å². The molecule has 0 atom stereocenters. The summed E-state index contributed by atoms with van der Waals surface area (Å²) in [6, 6.07) is 5.21. The van der Waals surface area contributed by atoms with Crippen LogP contribution in [0, 0.1) is 12.8 Å². The minimum atomic E-state index is -0.712. The van der Waals surface area contributed by atoms with Crippen LogP contribution in [0.4, 0.5) is 11.4 Å². The summed E-state index contributed by atoms with van der Waals surface area (Å²) >= 11 is 0. The lowest BCUT2D eigenvalue weighted by Gasteiger charge is -2.14. The normalized spacial score (nSPS) is 11.0. The summed E-state index contributed by atoms with van der Waals surface area (Å²) in [4.78, 5) is 35.0. The van der Waals surface area contributed by atoms with E-state index in [2.05, 4.69) is 20.1 Å². The maximum Gasteiger partial charge on any atom is 0.354 e. The van der Waals surface area contributed by atoms with Crippen molar-refractivity contribution in [2.24, 2.45) is 5.92 Å². The van der Waals surface area contributed by atoms with Crippen molar-refractivity contribution in [2.75, 3.05) is 24.9 Å². The first-order valence-electron chi connectivity index (χ1n) is 7.35. The first-order chi connectivity index (χ1) is 11.3. The zero-order chi connectivity index (χ0) is 18.3. The summed E-state index contributed by atoms with van der Waals surface area (Å²) in [6.45, 7) is 5.40. The van der Waals surface area contributed by atoms with Gasteiger partial charge >= 0.3 is 11.9 Å². The number of aryl methyl sites for hydroxylation is 1. The van der Waals surface area contributed by atoms with E-state index in [9.17, 15) is 14.4 Å². The van der Waals surface area contributed by atoms with Gasteiger partial charge in [-0.2, -0.15) is 0 Å². The monoisotopic (exact) mass is 334 g/mol. The molecule has 24 heavy (non-hydrogen) atoms. The maximum absolute atomic E-state index is 11.8. The van der Waals surface area contributed by atoms with Gasteiger partial charge < -0.3 is 20.1 Å². The van der Waals surface area contributed by atoms with Crippen LogP contribution in [0.25, 0.3) is 0 Å². The number of nitrogens with one attached hydrogen (secondary N) is 2. The van der Waals surface area contributed by atoms with Gasteiger partial charge in [-0.05, 0) is 24.6 Å². The van der Waals surface area contributed by atoms with Crippen LogP contribution in [0.15, 0.2) is 30.0 Å². The van der Waals surface area contributed by atoms with E-state index in [4.69, 9.17) is 0 Å². The Hall–Kier alpha value is -2.83. The first-order valence-corrected chi connectivity index (χ1v) is 7.35. The Morgan fingerprint density at radius 1 is 1.08 bits per heavy atom. The van der Waals surface area contributed by atoms with Gasteiger partial charge in [-0.15, -0.1) is 0 Å². The number of hydrogen-bond acceptors (Lipinski definition) is 6. The molecule has 0 spiro atoms. The lowest BCUT2D eigenvalue weighted by Crippen LogP contribution is -2.18. The highest BCUT2D eigenvalue weighted by molar-refractivity contribution is 5.99. The summed E-state index contributed by atoms with van der Waals surface area (Å²) in [6.07, 6.45) is 1.00. The molecule has 0 saturated carbocycles. The van der Waals surface area contributed by atoms with Gasteiger partial charge in [-0.1, -0.05) is 19.9 Å². The Labute approximate surface area is 141 Å². The molecule has 130 valence electrons. The van der Waals surface area contributed by atoms with E-state index in [0.29, 0.717) is 11.4 Å². The number of benzene rings is 1. The molecule has 1 aromatic carbocycles. The molecule has 2 N–H and O–H groups in total. The van der Waals surface area contributed by atoms with Gasteiger partial charge in [0.25, 0.3) is 0 Å². The van der Waals surface area contributed by atoms with Crippen LogP contribution in [0.1, 0.15) is 19.4 Å². The molecule has 7 nitrogen and oxygen atoms in total. The number of hydrogen-bond donors (Lipinski definition) is 2. The van der Waals surface area contributed by atoms with E-state index in [0.717, 1.165) is 11.6 Å². The summed E-state index contributed by atoms with van der Waals surface area (Å²) in [5.74, 6) is -1.68. The van der Waals surface area contributed by atoms with Crippen molar-refractivity contribution in [3.8, 4) is 0 Å². The molecule has 1 rings (SSSR count). The molecule has 0 saturated heterocycles. The van der Waals surface area contributed by atoms with Gasteiger partial charge in [0, 0.05) is 17.3 Å². The number of esters is 2. The Morgan fingerprint density at radius 3 is 2.29 bits per heavy atom. The van der Waals surface area contributed by atoms with Crippen LogP contribution in [0.2, 0.25) is 0 Å². The highest BCUT2D eigenvalue weighted by atomic mass is 16.5. The highest BCUT2D eigenvalue weighted by Gasteiger charge is 2.15. The third-order valence-electron chi connectivity index (χ3n) is 3.17. The predicted octanol–water partition coefficient (Wildman–Crippen LogP) is 2.23. The maximum atomic E-state index is 11.8. The second-order valence-electron chi connectivity index (χ2n) is 5.37. The summed E-state index contributed by atoms with van der Waals surface area (Å²) in [5, 5.41) is 5.61. The average Bonchev–Trinajstić information content (AvgIpc) is 2.55. The van der Waals surface area contributed by atoms with Crippen molar-refractivity contribution in [3.05, 3.63) is 35.5 Å². The molecular formula is C17H22N2O5. The molecule has 0 aliphatic heterocycles.